The van der Waals surface area contributed by atoms with E-state index in [1.807, 2.05) is 37.3 Å². The molecule has 0 aliphatic rings. The molecule has 0 bridgehead atoms. The lowest BCUT2D eigenvalue weighted by atomic mass is 10.2. The van der Waals surface area contributed by atoms with Gasteiger partial charge in [0.2, 0.25) is 5.88 Å². The number of carbonyl (C=O) groups is 1. The van der Waals surface area contributed by atoms with Gasteiger partial charge in [0, 0.05) is 5.56 Å². The largest absolute Gasteiger partial charge is 0.465 e. The number of hydrogen-bond donors (Lipinski definition) is 0. The van der Waals surface area contributed by atoms with Crippen LogP contribution >= 0.6 is 15.9 Å². The molecule has 0 aliphatic carbocycles. The molecule has 0 aliphatic heterocycles. The highest BCUT2D eigenvalue weighted by molar-refractivity contribution is 9.10. The van der Waals surface area contributed by atoms with Crippen LogP contribution in [-0.4, -0.2) is 29.2 Å². The third kappa shape index (κ3) is 4.01. The lowest BCUT2D eigenvalue weighted by Gasteiger charge is -2.10. The number of halogens is 1. The van der Waals surface area contributed by atoms with Gasteiger partial charge < -0.3 is 9.47 Å². The molecule has 21 heavy (non-hydrogen) atoms. The van der Waals surface area contributed by atoms with E-state index >= 15 is 0 Å². The second kappa shape index (κ2) is 7.17. The van der Waals surface area contributed by atoms with Gasteiger partial charge in [-0.1, -0.05) is 30.3 Å². The number of benzene rings is 1. The Kier molecular flexibility index (Phi) is 5.27. The summed E-state index contributed by atoms with van der Waals surface area (Å²) in [6.07, 6.45) is 0. The molecule has 2 aromatic rings. The first-order chi connectivity index (χ1) is 10.1. The molecular formula is C15H15BrN2O3. The SMILES string of the molecule is CCOC(=O)COc1nc(-c2ccccc2)nc(C)c1Br. The quantitative estimate of drug-likeness (QED) is 0.775. The van der Waals surface area contributed by atoms with Crippen LogP contribution in [-0.2, 0) is 9.53 Å². The van der Waals surface area contributed by atoms with Crippen LogP contribution in [0.3, 0.4) is 0 Å². The number of carbonyl (C=O) groups excluding carboxylic acids is 1. The zero-order chi connectivity index (χ0) is 15.2. The Balaban J connectivity index is 2.25. The van der Waals surface area contributed by atoms with Crippen molar-refractivity contribution in [1.82, 2.24) is 9.97 Å². The maximum atomic E-state index is 11.4. The first-order valence-electron chi connectivity index (χ1n) is 6.49. The van der Waals surface area contributed by atoms with Crippen LogP contribution in [0.15, 0.2) is 34.8 Å². The molecule has 2 rings (SSSR count). The summed E-state index contributed by atoms with van der Waals surface area (Å²) in [5.41, 5.74) is 1.62. The first kappa shape index (κ1) is 15.4. The minimum absolute atomic E-state index is 0.183. The standard InChI is InChI=1S/C15H15BrN2O3/c1-3-20-12(19)9-21-15-13(16)10(2)17-14(18-15)11-7-5-4-6-8-11/h4-8H,3,9H2,1-2H3. The van der Waals surface area contributed by atoms with Gasteiger partial charge in [-0.3, -0.25) is 0 Å². The van der Waals surface area contributed by atoms with Gasteiger partial charge in [-0.25, -0.2) is 9.78 Å². The summed E-state index contributed by atoms with van der Waals surface area (Å²) in [5, 5.41) is 0. The van der Waals surface area contributed by atoms with Gasteiger partial charge in [0.15, 0.2) is 12.4 Å². The van der Waals surface area contributed by atoms with Crippen molar-refractivity contribution in [3.63, 3.8) is 0 Å². The van der Waals surface area contributed by atoms with E-state index in [0.29, 0.717) is 22.8 Å². The summed E-state index contributed by atoms with van der Waals surface area (Å²) in [6, 6.07) is 9.58. The van der Waals surface area contributed by atoms with Gasteiger partial charge >= 0.3 is 5.97 Å². The lowest BCUT2D eigenvalue weighted by molar-refractivity contribution is -0.145. The van der Waals surface area contributed by atoms with Crippen LogP contribution in [0.5, 0.6) is 5.88 Å². The van der Waals surface area contributed by atoms with Crippen molar-refractivity contribution < 1.29 is 14.3 Å². The number of hydrogen-bond acceptors (Lipinski definition) is 5. The molecule has 1 heterocycles. The van der Waals surface area contributed by atoms with Gasteiger partial charge in [-0.15, -0.1) is 0 Å². The molecule has 0 atom stereocenters. The Bertz CT molecular complexity index is 632. The Labute approximate surface area is 131 Å². The summed E-state index contributed by atoms with van der Waals surface area (Å²) in [4.78, 5) is 20.1. The van der Waals surface area contributed by atoms with Gasteiger partial charge in [-0.2, -0.15) is 4.98 Å². The molecule has 1 aromatic carbocycles. The summed E-state index contributed by atoms with van der Waals surface area (Å²) in [6.45, 7) is 3.73. The van der Waals surface area contributed by atoms with Gasteiger partial charge in [0.05, 0.1) is 12.3 Å². The Morgan fingerprint density at radius 1 is 1.24 bits per heavy atom. The fourth-order valence-electron chi connectivity index (χ4n) is 1.67. The molecule has 0 radical (unpaired) electrons. The zero-order valence-corrected chi connectivity index (χ0v) is 13.4. The maximum absolute atomic E-state index is 11.4. The van der Waals surface area contributed by atoms with Crippen molar-refractivity contribution in [3.8, 4) is 17.3 Å². The summed E-state index contributed by atoms with van der Waals surface area (Å²) in [7, 11) is 0. The van der Waals surface area contributed by atoms with Crippen LogP contribution in [0.1, 0.15) is 12.6 Å². The van der Waals surface area contributed by atoms with E-state index in [9.17, 15) is 4.79 Å². The Morgan fingerprint density at radius 3 is 2.62 bits per heavy atom. The van der Waals surface area contributed by atoms with Crippen LogP contribution in [0, 0.1) is 6.92 Å². The lowest BCUT2D eigenvalue weighted by Crippen LogP contribution is -2.15. The number of aromatic nitrogens is 2. The Hall–Kier alpha value is -1.95. The number of aryl methyl sites for hydroxylation is 1. The van der Waals surface area contributed by atoms with Crippen LogP contribution in [0.25, 0.3) is 11.4 Å². The summed E-state index contributed by atoms with van der Waals surface area (Å²) < 4.78 is 10.9. The van der Waals surface area contributed by atoms with E-state index in [1.165, 1.54) is 0 Å². The molecule has 0 amide bonds. The topological polar surface area (TPSA) is 61.3 Å². The Morgan fingerprint density at radius 2 is 1.95 bits per heavy atom. The van der Waals surface area contributed by atoms with Gasteiger partial charge in [0.1, 0.15) is 4.47 Å². The highest BCUT2D eigenvalue weighted by atomic mass is 79.9. The molecule has 0 spiro atoms. The molecule has 0 saturated carbocycles. The normalized spacial score (nSPS) is 10.2. The molecule has 0 saturated heterocycles. The fourth-order valence-corrected chi connectivity index (χ4v) is 1.97. The molecular weight excluding hydrogens is 336 g/mol. The van der Waals surface area contributed by atoms with Crippen molar-refractivity contribution in [2.75, 3.05) is 13.2 Å². The third-order valence-corrected chi connectivity index (χ3v) is 3.56. The minimum Gasteiger partial charge on any atom is -0.465 e. The highest BCUT2D eigenvalue weighted by Crippen LogP contribution is 2.28. The number of esters is 1. The molecule has 0 N–H and O–H groups in total. The molecule has 1 aromatic heterocycles. The number of ether oxygens (including phenoxy) is 2. The van der Waals surface area contributed by atoms with E-state index in [4.69, 9.17) is 9.47 Å². The monoisotopic (exact) mass is 350 g/mol. The third-order valence-electron chi connectivity index (χ3n) is 2.65. The molecule has 0 unspecified atom stereocenters. The molecule has 6 heteroatoms. The smallest absolute Gasteiger partial charge is 0.344 e. The van der Waals surface area contributed by atoms with Crippen molar-refractivity contribution in [2.24, 2.45) is 0 Å². The van der Waals surface area contributed by atoms with Gasteiger partial charge in [-0.05, 0) is 29.8 Å². The second-order valence-electron chi connectivity index (χ2n) is 4.21. The average Bonchev–Trinajstić information content (AvgIpc) is 2.50. The minimum atomic E-state index is -0.429. The molecule has 0 fully saturated rings. The van der Waals surface area contributed by atoms with E-state index in [1.54, 1.807) is 6.92 Å². The maximum Gasteiger partial charge on any atom is 0.344 e. The number of rotatable bonds is 5. The predicted octanol–water partition coefficient (Wildman–Crippen LogP) is 3.16. The van der Waals surface area contributed by atoms with Crippen molar-refractivity contribution in [2.45, 2.75) is 13.8 Å². The van der Waals surface area contributed by atoms with E-state index in [2.05, 4.69) is 25.9 Å². The number of nitrogens with zero attached hydrogens (tertiary/aromatic N) is 2. The summed E-state index contributed by atoms with van der Waals surface area (Å²) in [5.74, 6) is 0.450. The highest BCUT2D eigenvalue weighted by Gasteiger charge is 2.13. The molecule has 110 valence electrons. The van der Waals surface area contributed by atoms with Crippen LogP contribution in [0.2, 0.25) is 0 Å². The van der Waals surface area contributed by atoms with E-state index < -0.39 is 5.97 Å². The van der Waals surface area contributed by atoms with Crippen molar-refractivity contribution in [1.29, 1.82) is 0 Å². The average molecular weight is 351 g/mol. The van der Waals surface area contributed by atoms with Crippen molar-refractivity contribution >= 4 is 21.9 Å². The summed E-state index contributed by atoms with van der Waals surface area (Å²) >= 11 is 3.37. The molecule has 5 nitrogen and oxygen atoms in total. The first-order valence-corrected chi connectivity index (χ1v) is 7.29. The zero-order valence-electron chi connectivity index (χ0n) is 11.8. The second-order valence-corrected chi connectivity index (χ2v) is 5.00. The van der Waals surface area contributed by atoms with E-state index in [0.717, 1.165) is 11.3 Å². The fraction of sp³-hybridized carbons (Fsp3) is 0.267. The van der Waals surface area contributed by atoms with Crippen molar-refractivity contribution in [3.05, 3.63) is 40.5 Å². The van der Waals surface area contributed by atoms with E-state index in [-0.39, 0.29) is 6.61 Å². The van der Waals surface area contributed by atoms with Crippen LogP contribution in [0.4, 0.5) is 0 Å². The van der Waals surface area contributed by atoms with Crippen LogP contribution < -0.4 is 4.74 Å². The van der Waals surface area contributed by atoms with Gasteiger partial charge in [0.25, 0.3) is 0 Å². The predicted molar refractivity (Wildman–Crippen MR) is 82.0 cm³/mol.